The highest BCUT2D eigenvalue weighted by atomic mass is 32.1. The van der Waals surface area contributed by atoms with Gasteiger partial charge in [0.2, 0.25) is 5.91 Å². The van der Waals surface area contributed by atoms with Crippen molar-refractivity contribution in [3.05, 3.63) is 52.2 Å². The molecule has 1 aromatic heterocycles. The van der Waals surface area contributed by atoms with E-state index in [0.717, 1.165) is 38.4 Å². The minimum absolute atomic E-state index is 0.0778. The molecule has 1 aliphatic heterocycles. The van der Waals surface area contributed by atoms with Crippen LogP contribution in [0.1, 0.15) is 37.1 Å². The van der Waals surface area contributed by atoms with E-state index >= 15 is 0 Å². The zero-order valence-electron chi connectivity index (χ0n) is 15.9. The van der Waals surface area contributed by atoms with Crippen molar-refractivity contribution < 1.29 is 4.79 Å². The van der Waals surface area contributed by atoms with Crippen molar-refractivity contribution in [1.29, 1.82) is 0 Å². The third-order valence-corrected chi connectivity index (χ3v) is 6.00. The molecule has 1 aliphatic rings. The Kier molecular flexibility index (Phi) is 6.46. The van der Waals surface area contributed by atoms with Crippen LogP contribution < -0.4 is 5.32 Å². The van der Waals surface area contributed by atoms with Gasteiger partial charge >= 0.3 is 0 Å². The highest BCUT2D eigenvalue weighted by Crippen LogP contribution is 2.18. The van der Waals surface area contributed by atoms with Crippen LogP contribution in [0.25, 0.3) is 0 Å². The number of hydrogen-bond donors (Lipinski definition) is 1. The second kappa shape index (κ2) is 8.80. The topological polar surface area (TPSA) is 35.6 Å². The lowest BCUT2D eigenvalue weighted by atomic mass is 10.0. The maximum Gasteiger partial charge on any atom is 0.241 e. The first-order valence-electron chi connectivity index (χ1n) is 9.42. The average molecular weight is 372 g/mol. The zero-order valence-corrected chi connectivity index (χ0v) is 16.8. The highest BCUT2D eigenvalue weighted by molar-refractivity contribution is 7.09. The van der Waals surface area contributed by atoms with E-state index in [9.17, 15) is 4.79 Å². The molecule has 0 radical (unpaired) electrons. The molecule has 1 N–H and O–H groups in total. The van der Waals surface area contributed by atoms with Gasteiger partial charge in [-0.1, -0.05) is 32.0 Å². The Morgan fingerprint density at radius 3 is 2.35 bits per heavy atom. The fourth-order valence-electron chi connectivity index (χ4n) is 3.30. The number of carbonyl (C=O) groups is 1. The molecule has 1 saturated heterocycles. The first-order valence-corrected chi connectivity index (χ1v) is 10.3. The van der Waals surface area contributed by atoms with Gasteiger partial charge in [0.05, 0.1) is 6.04 Å². The normalized spacial score (nSPS) is 17.4. The molecule has 4 nitrogen and oxygen atoms in total. The van der Waals surface area contributed by atoms with Crippen LogP contribution in [0.4, 0.5) is 5.69 Å². The Bertz CT molecular complexity index is 689. The van der Waals surface area contributed by atoms with Gasteiger partial charge in [-0.25, -0.2) is 0 Å². The number of piperazine rings is 1. The summed E-state index contributed by atoms with van der Waals surface area (Å²) in [6.45, 7) is 11.3. The number of amides is 1. The van der Waals surface area contributed by atoms with Gasteiger partial charge in [-0.05, 0) is 42.0 Å². The van der Waals surface area contributed by atoms with E-state index in [-0.39, 0.29) is 11.9 Å². The molecule has 0 spiro atoms. The molecule has 0 saturated carbocycles. The van der Waals surface area contributed by atoms with Gasteiger partial charge in [0.25, 0.3) is 0 Å². The van der Waals surface area contributed by atoms with Gasteiger partial charge in [-0.2, -0.15) is 0 Å². The van der Waals surface area contributed by atoms with Crippen LogP contribution in [-0.2, 0) is 11.3 Å². The maximum absolute atomic E-state index is 12.6. The molecule has 1 aromatic carbocycles. The smallest absolute Gasteiger partial charge is 0.241 e. The Labute approximate surface area is 160 Å². The standard InChI is InChI=1S/C21H29N3OS/c1-16(2)18-6-8-19(9-7-18)22-21(25)17(3)24-12-10-23(11-13-24)15-20-5-4-14-26-20/h4-9,14,16-17H,10-13,15H2,1-3H3,(H,22,25)/t17-/m0/s1. The van der Waals surface area contributed by atoms with Crippen molar-refractivity contribution in [1.82, 2.24) is 9.80 Å². The lowest BCUT2D eigenvalue weighted by molar-refractivity contribution is -0.121. The monoisotopic (exact) mass is 371 g/mol. The van der Waals surface area contributed by atoms with Crippen LogP contribution in [0.5, 0.6) is 0 Å². The highest BCUT2D eigenvalue weighted by Gasteiger charge is 2.25. The Morgan fingerprint density at radius 1 is 1.08 bits per heavy atom. The molecule has 3 rings (SSSR count). The van der Waals surface area contributed by atoms with Gasteiger partial charge < -0.3 is 5.32 Å². The number of anilines is 1. The van der Waals surface area contributed by atoms with Crippen molar-refractivity contribution in [2.24, 2.45) is 0 Å². The predicted molar refractivity (Wildman–Crippen MR) is 110 cm³/mol. The van der Waals surface area contributed by atoms with E-state index in [1.165, 1.54) is 10.4 Å². The van der Waals surface area contributed by atoms with Crippen LogP contribution >= 0.6 is 11.3 Å². The lowest BCUT2D eigenvalue weighted by Crippen LogP contribution is -2.52. The van der Waals surface area contributed by atoms with E-state index in [1.807, 2.05) is 30.4 Å². The van der Waals surface area contributed by atoms with Crippen molar-refractivity contribution in [3.63, 3.8) is 0 Å². The van der Waals surface area contributed by atoms with Crippen LogP contribution in [0, 0.1) is 0 Å². The summed E-state index contributed by atoms with van der Waals surface area (Å²) in [5, 5.41) is 5.19. The molecule has 1 atom stereocenters. The second-order valence-corrected chi connectivity index (χ2v) is 8.37. The third-order valence-electron chi connectivity index (χ3n) is 5.14. The summed E-state index contributed by atoms with van der Waals surface area (Å²) in [4.78, 5) is 18.8. The van der Waals surface area contributed by atoms with E-state index in [4.69, 9.17) is 0 Å². The predicted octanol–water partition coefficient (Wildman–Crippen LogP) is 4.02. The van der Waals surface area contributed by atoms with Gasteiger partial charge in [0, 0.05) is 43.3 Å². The minimum Gasteiger partial charge on any atom is -0.325 e. The SMILES string of the molecule is CC(C)c1ccc(NC(=O)[C@H](C)N2CCN(Cc3cccs3)CC2)cc1. The molecule has 0 bridgehead atoms. The summed E-state index contributed by atoms with van der Waals surface area (Å²) in [6, 6.07) is 12.4. The minimum atomic E-state index is -0.108. The first kappa shape index (κ1) is 19.1. The van der Waals surface area contributed by atoms with E-state index in [1.54, 1.807) is 0 Å². The molecule has 26 heavy (non-hydrogen) atoms. The summed E-state index contributed by atoms with van der Waals surface area (Å²) >= 11 is 1.81. The zero-order chi connectivity index (χ0) is 18.5. The fourth-order valence-corrected chi connectivity index (χ4v) is 4.04. The molecule has 0 aliphatic carbocycles. The van der Waals surface area contributed by atoms with E-state index < -0.39 is 0 Å². The van der Waals surface area contributed by atoms with Crippen molar-refractivity contribution in [2.45, 2.75) is 39.3 Å². The van der Waals surface area contributed by atoms with Crippen LogP contribution in [0.3, 0.4) is 0 Å². The van der Waals surface area contributed by atoms with E-state index in [0.29, 0.717) is 5.92 Å². The van der Waals surface area contributed by atoms with Gasteiger partial charge in [0.1, 0.15) is 0 Å². The van der Waals surface area contributed by atoms with E-state index in [2.05, 4.69) is 58.6 Å². The van der Waals surface area contributed by atoms with Crippen LogP contribution in [0.15, 0.2) is 41.8 Å². The number of nitrogens with one attached hydrogen (secondary N) is 1. The molecule has 140 valence electrons. The van der Waals surface area contributed by atoms with Crippen molar-refractivity contribution in [2.75, 3.05) is 31.5 Å². The van der Waals surface area contributed by atoms with Gasteiger partial charge in [-0.3, -0.25) is 14.6 Å². The molecule has 2 heterocycles. The first-order chi connectivity index (χ1) is 12.5. The lowest BCUT2D eigenvalue weighted by Gasteiger charge is -2.37. The molecule has 5 heteroatoms. The number of carbonyl (C=O) groups excluding carboxylic acids is 1. The van der Waals surface area contributed by atoms with Gasteiger partial charge in [-0.15, -0.1) is 11.3 Å². The van der Waals surface area contributed by atoms with Crippen LogP contribution in [0.2, 0.25) is 0 Å². The molecule has 1 fully saturated rings. The Morgan fingerprint density at radius 2 is 1.77 bits per heavy atom. The summed E-state index contributed by atoms with van der Waals surface area (Å²) < 4.78 is 0. The number of thiophene rings is 1. The molecule has 1 amide bonds. The van der Waals surface area contributed by atoms with Crippen LogP contribution in [-0.4, -0.2) is 47.9 Å². The summed E-state index contributed by atoms with van der Waals surface area (Å²) in [6.07, 6.45) is 0. The average Bonchev–Trinajstić information content (AvgIpc) is 3.15. The fraction of sp³-hybridized carbons (Fsp3) is 0.476. The quantitative estimate of drug-likeness (QED) is 0.833. The summed E-state index contributed by atoms with van der Waals surface area (Å²) in [5.74, 6) is 0.582. The Hall–Kier alpha value is -1.69. The molecular weight excluding hydrogens is 342 g/mol. The number of nitrogens with zero attached hydrogens (tertiary/aromatic N) is 2. The number of rotatable bonds is 6. The molecular formula is C21H29N3OS. The summed E-state index contributed by atoms with van der Waals surface area (Å²) in [7, 11) is 0. The van der Waals surface area contributed by atoms with Gasteiger partial charge in [0.15, 0.2) is 0 Å². The number of hydrogen-bond acceptors (Lipinski definition) is 4. The summed E-state index contributed by atoms with van der Waals surface area (Å²) in [5.41, 5.74) is 2.17. The number of benzene rings is 1. The Balaban J connectivity index is 1.48. The molecule has 2 aromatic rings. The third kappa shape index (κ3) is 4.93. The largest absolute Gasteiger partial charge is 0.325 e. The maximum atomic E-state index is 12.6. The van der Waals surface area contributed by atoms with Crippen molar-refractivity contribution >= 4 is 22.9 Å². The molecule has 0 unspecified atom stereocenters. The van der Waals surface area contributed by atoms with Crippen molar-refractivity contribution in [3.8, 4) is 0 Å². The second-order valence-electron chi connectivity index (χ2n) is 7.33.